The standard InChI is InChI=1S/C15HF29O2/c16-2(17,1(45)46)3(18,19)4(20,21)5(22,23)6(24,25)7(26,27)8(28,29)9(30,31)10(32,33)11(34,35)12(36,37)13(38,39)14(40,41)15(42,43)44/h(H,45,46). The average molecular weight is 764 g/mol. The van der Waals surface area contributed by atoms with Gasteiger partial charge in [-0.25, -0.2) is 4.79 Å². The van der Waals surface area contributed by atoms with Crippen molar-refractivity contribution < 1.29 is 137 Å². The van der Waals surface area contributed by atoms with Gasteiger partial charge in [-0.1, -0.05) is 0 Å². The monoisotopic (exact) mass is 764 g/mol. The molecule has 1 N–H and O–H groups in total. The first-order valence-electron chi connectivity index (χ1n) is 9.41. The largest absolute Gasteiger partial charge is 0.477 e. The maximum atomic E-state index is 13.6. The highest BCUT2D eigenvalue weighted by atomic mass is 19.4. The molecule has 0 amide bonds. The van der Waals surface area contributed by atoms with Crippen molar-refractivity contribution in [3.63, 3.8) is 0 Å². The predicted octanol–water partition coefficient (Wildman–Crippen LogP) is 8.89. The van der Waals surface area contributed by atoms with E-state index in [1.54, 1.807) is 0 Å². The smallest absolute Gasteiger partial charge is 0.460 e. The van der Waals surface area contributed by atoms with Crippen molar-refractivity contribution >= 4 is 5.97 Å². The number of carboxylic acid groups (broad SMARTS) is 1. The van der Waals surface area contributed by atoms with Gasteiger partial charge in [0, 0.05) is 0 Å². The minimum atomic E-state index is -10.0. The lowest BCUT2D eigenvalue weighted by molar-refractivity contribution is -0.486. The highest BCUT2D eigenvalue weighted by Gasteiger charge is 3.01. The summed E-state index contributed by atoms with van der Waals surface area (Å²) in [5.74, 6) is -128. The van der Waals surface area contributed by atoms with E-state index in [2.05, 4.69) is 0 Å². The van der Waals surface area contributed by atoms with Crippen molar-refractivity contribution in [2.45, 2.75) is 83.2 Å². The van der Waals surface area contributed by atoms with Gasteiger partial charge in [0.1, 0.15) is 0 Å². The predicted molar refractivity (Wildman–Crippen MR) is 78.0 cm³/mol. The fourth-order valence-electron chi connectivity index (χ4n) is 2.48. The molecule has 0 heterocycles. The van der Waals surface area contributed by atoms with Gasteiger partial charge in [-0.05, 0) is 0 Å². The van der Waals surface area contributed by atoms with Gasteiger partial charge in [0.15, 0.2) is 0 Å². The summed E-state index contributed by atoms with van der Waals surface area (Å²) >= 11 is 0. The Morgan fingerprint density at radius 2 is 0.391 bits per heavy atom. The first-order chi connectivity index (χ1) is 19.2. The van der Waals surface area contributed by atoms with Gasteiger partial charge in [0.05, 0.1) is 0 Å². The topological polar surface area (TPSA) is 37.3 Å². The first kappa shape index (κ1) is 43.4. The van der Waals surface area contributed by atoms with Gasteiger partial charge < -0.3 is 5.11 Å². The minimum Gasteiger partial charge on any atom is -0.477 e. The van der Waals surface area contributed by atoms with Crippen LogP contribution in [0.5, 0.6) is 0 Å². The Morgan fingerprint density at radius 1 is 0.261 bits per heavy atom. The fraction of sp³-hybridized carbons (Fsp3) is 0.933. The Bertz CT molecular complexity index is 1160. The number of hydrogen-bond donors (Lipinski definition) is 1. The van der Waals surface area contributed by atoms with E-state index < -0.39 is 89.1 Å². The molecule has 0 bridgehead atoms. The average Bonchev–Trinajstić information content (AvgIpc) is 2.81. The van der Waals surface area contributed by atoms with Crippen molar-refractivity contribution in [3.8, 4) is 0 Å². The second-order valence-corrected chi connectivity index (χ2v) is 8.27. The summed E-state index contributed by atoms with van der Waals surface area (Å²) in [4.78, 5) is 9.91. The number of hydrogen-bond acceptors (Lipinski definition) is 1. The summed E-state index contributed by atoms with van der Waals surface area (Å²) in [5.41, 5.74) is 0. The van der Waals surface area contributed by atoms with Crippen LogP contribution in [0.2, 0.25) is 0 Å². The van der Waals surface area contributed by atoms with Crippen LogP contribution in [0.3, 0.4) is 0 Å². The lowest BCUT2D eigenvalue weighted by Crippen LogP contribution is -2.79. The Labute approximate surface area is 228 Å². The lowest BCUT2D eigenvalue weighted by atomic mass is 9.83. The van der Waals surface area contributed by atoms with Crippen LogP contribution in [0.15, 0.2) is 0 Å². The Hall–Kier alpha value is -2.56. The Kier molecular flexibility index (Phi) is 9.65. The van der Waals surface area contributed by atoms with E-state index in [0.29, 0.717) is 0 Å². The molecule has 0 rings (SSSR count). The van der Waals surface area contributed by atoms with Crippen LogP contribution in [-0.2, 0) is 4.79 Å². The molecule has 276 valence electrons. The van der Waals surface area contributed by atoms with E-state index in [1.165, 1.54) is 0 Å². The molecule has 0 aromatic carbocycles. The number of carboxylic acids is 1. The van der Waals surface area contributed by atoms with E-state index in [1.807, 2.05) is 0 Å². The lowest BCUT2D eigenvalue weighted by Gasteiger charge is -2.46. The van der Waals surface area contributed by atoms with Crippen molar-refractivity contribution in [1.82, 2.24) is 0 Å². The fourth-order valence-corrected chi connectivity index (χ4v) is 2.48. The molecule has 0 fully saturated rings. The molecule has 0 aromatic heterocycles. The van der Waals surface area contributed by atoms with E-state index >= 15 is 0 Å². The van der Waals surface area contributed by atoms with Crippen LogP contribution in [-0.4, -0.2) is 94.2 Å². The zero-order valence-electron chi connectivity index (χ0n) is 19.3. The van der Waals surface area contributed by atoms with Crippen molar-refractivity contribution in [3.05, 3.63) is 0 Å². The molecule has 0 saturated heterocycles. The van der Waals surface area contributed by atoms with Crippen LogP contribution < -0.4 is 0 Å². The Morgan fingerprint density at radius 3 is 0.522 bits per heavy atom. The molecule has 0 saturated carbocycles. The van der Waals surface area contributed by atoms with Gasteiger partial charge in [-0.15, -0.1) is 0 Å². The molecular weight excluding hydrogens is 763 g/mol. The molecule has 0 atom stereocenters. The molecule has 31 heteroatoms. The van der Waals surface area contributed by atoms with E-state index in [0.717, 1.165) is 0 Å². The number of rotatable bonds is 13. The summed E-state index contributed by atoms with van der Waals surface area (Å²) in [6.45, 7) is 0. The van der Waals surface area contributed by atoms with Crippen LogP contribution in [0.25, 0.3) is 0 Å². The van der Waals surface area contributed by atoms with Crippen LogP contribution in [0.1, 0.15) is 0 Å². The quantitative estimate of drug-likeness (QED) is 0.191. The van der Waals surface area contributed by atoms with Gasteiger partial charge in [-0.2, -0.15) is 127 Å². The summed E-state index contributed by atoms with van der Waals surface area (Å²) in [5, 5.41) is 7.65. The summed E-state index contributed by atoms with van der Waals surface area (Å²) in [6.07, 6.45) is -8.32. The van der Waals surface area contributed by atoms with E-state index in [-0.39, 0.29) is 0 Å². The number of aliphatic carboxylic acids is 1. The zero-order chi connectivity index (χ0) is 38.6. The third-order valence-electron chi connectivity index (χ3n) is 5.36. The number of halogens is 29. The minimum absolute atomic E-state index is 4.77. The van der Waals surface area contributed by atoms with Gasteiger partial charge in [0.25, 0.3) is 0 Å². The van der Waals surface area contributed by atoms with Crippen LogP contribution in [0, 0.1) is 0 Å². The van der Waals surface area contributed by atoms with Gasteiger partial charge in [0.2, 0.25) is 0 Å². The molecule has 0 aliphatic carbocycles. The SMILES string of the molecule is O=C(O)C(F)(F)C(F)(F)C(F)(F)C(F)(F)C(F)(F)C(F)(F)C(F)(F)C(F)(F)C(F)(F)C(F)(F)C(F)(F)C(F)(F)C(F)(F)C(F)(F)F. The van der Waals surface area contributed by atoms with Crippen LogP contribution in [0.4, 0.5) is 127 Å². The second kappa shape index (κ2) is 10.2. The third-order valence-corrected chi connectivity index (χ3v) is 5.36. The number of carbonyl (C=O) groups is 1. The molecule has 46 heavy (non-hydrogen) atoms. The van der Waals surface area contributed by atoms with E-state index in [4.69, 9.17) is 5.11 Å². The maximum Gasteiger partial charge on any atom is 0.460 e. The first-order valence-corrected chi connectivity index (χ1v) is 9.41. The molecule has 0 aromatic rings. The summed E-state index contributed by atoms with van der Waals surface area (Å²) in [6, 6.07) is 0. The van der Waals surface area contributed by atoms with Crippen molar-refractivity contribution in [2.75, 3.05) is 0 Å². The van der Waals surface area contributed by atoms with Crippen LogP contribution >= 0.6 is 0 Å². The van der Waals surface area contributed by atoms with Gasteiger partial charge in [-0.3, -0.25) is 0 Å². The molecule has 0 radical (unpaired) electrons. The molecule has 0 spiro atoms. The van der Waals surface area contributed by atoms with Gasteiger partial charge >= 0.3 is 89.1 Å². The molecular formula is C15HF29O2. The molecule has 2 nitrogen and oxygen atoms in total. The third kappa shape index (κ3) is 4.67. The second-order valence-electron chi connectivity index (χ2n) is 8.27. The van der Waals surface area contributed by atoms with E-state index in [9.17, 15) is 132 Å². The molecule has 0 unspecified atom stereocenters. The maximum absolute atomic E-state index is 13.6. The van der Waals surface area contributed by atoms with Crippen molar-refractivity contribution in [2.24, 2.45) is 0 Å². The number of alkyl halides is 29. The van der Waals surface area contributed by atoms with Crippen molar-refractivity contribution in [1.29, 1.82) is 0 Å². The highest BCUT2D eigenvalue weighted by Crippen LogP contribution is 2.68. The zero-order valence-corrected chi connectivity index (χ0v) is 19.3. The highest BCUT2D eigenvalue weighted by molar-refractivity contribution is 5.77. The summed E-state index contributed by atoms with van der Waals surface area (Å²) in [7, 11) is 0. The summed E-state index contributed by atoms with van der Waals surface area (Å²) < 4.78 is 382. The molecule has 0 aliphatic heterocycles. The normalized spacial score (nSPS) is 17.0. The Balaban J connectivity index is 7.59. The molecule has 0 aliphatic rings.